The van der Waals surface area contributed by atoms with Gasteiger partial charge in [0.25, 0.3) is 0 Å². The summed E-state index contributed by atoms with van der Waals surface area (Å²) in [5.74, 6) is 0.443. The van der Waals surface area contributed by atoms with Crippen molar-refractivity contribution in [2.75, 3.05) is 0 Å². The van der Waals surface area contributed by atoms with E-state index >= 15 is 0 Å². The summed E-state index contributed by atoms with van der Waals surface area (Å²) in [4.78, 5) is 16.0. The third-order valence-corrected chi connectivity index (χ3v) is 2.91. The molecule has 2 rings (SSSR count). The molecule has 0 radical (unpaired) electrons. The van der Waals surface area contributed by atoms with Crippen molar-refractivity contribution in [3.8, 4) is 0 Å². The number of nitrogens with one attached hydrogen (secondary N) is 2. The van der Waals surface area contributed by atoms with E-state index in [0.717, 1.165) is 0 Å². The third kappa shape index (κ3) is 3.77. The first-order chi connectivity index (χ1) is 9.88. The lowest BCUT2D eigenvalue weighted by molar-refractivity contribution is 0.227. The zero-order valence-corrected chi connectivity index (χ0v) is 12.1. The van der Waals surface area contributed by atoms with Crippen LogP contribution in [0.5, 0.6) is 0 Å². The molecule has 0 saturated carbocycles. The predicted molar refractivity (Wildman–Crippen MR) is 73.8 cm³/mol. The molecule has 0 spiro atoms. The lowest BCUT2D eigenvalue weighted by Crippen LogP contribution is -2.46. The van der Waals surface area contributed by atoms with Crippen LogP contribution in [0.4, 0.5) is 9.18 Å². The quantitative estimate of drug-likeness (QED) is 0.905. The molecule has 0 saturated heterocycles. The van der Waals surface area contributed by atoms with Gasteiger partial charge in [0.15, 0.2) is 5.82 Å². The lowest BCUT2D eigenvalue weighted by atomic mass is 10.1. The molecule has 21 heavy (non-hydrogen) atoms. The molecule has 112 valence electrons. The summed E-state index contributed by atoms with van der Waals surface area (Å²) in [6, 6.07) is 5.83. The summed E-state index contributed by atoms with van der Waals surface area (Å²) in [5.41, 5.74) is -0.377. The minimum Gasteiger partial charge on any atom is -0.340 e. The normalized spacial score (nSPS) is 11.2. The SMILES string of the molecule is Cc1nc(C(C)(C)NC(=O)NCc2ccccc2F)no1. The maximum atomic E-state index is 13.4. The number of nitrogens with zero attached hydrogens (tertiary/aromatic N) is 2. The van der Waals surface area contributed by atoms with E-state index in [9.17, 15) is 9.18 Å². The first-order valence-corrected chi connectivity index (χ1v) is 6.49. The van der Waals surface area contributed by atoms with Crippen molar-refractivity contribution in [2.24, 2.45) is 0 Å². The number of carbonyl (C=O) groups is 1. The molecule has 0 aliphatic rings. The minimum atomic E-state index is -0.795. The molecule has 0 bridgehead atoms. The Morgan fingerprint density at radius 1 is 1.38 bits per heavy atom. The average molecular weight is 292 g/mol. The van der Waals surface area contributed by atoms with Gasteiger partial charge in [0.1, 0.15) is 5.82 Å². The number of carbonyl (C=O) groups excluding carboxylic acids is 1. The maximum absolute atomic E-state index is 13.4. The summed E-state index contributed by atoms with van der Waals surface area (Å²) in [7, 11) is 0. The lowest BCUT2D eigenvalue weighted by Gasteiger charge is -2.22. The van der Waals surface area contributed by atoms with Crippen LogP contribution in [0.25, 0.3) is 0 Å². The molecule has 0 unspecified atom stereocenters. The van der Waals surface area contributed by atoms with Gasteiger partial charge in [-0.1, -0.05) is 23.4 Å². The number of halogens is 1. The predicted octanol–water partition coefficient (Wildman–Crippen LogP) is 2.25. The summed E-state index contributed by atoms with van der Waals surface area (Å²) in [6.07, 6.45) is 0. The van der Waals surface area contributed by atoms with Gasteiger partial charge in [0.05, 0.1) is 5.54 Å². The van der Waals surface area contributed by atoms with E-state index in [1.54, 1.807) is 39.0 Å². The van der Waals surface area contributed by atoms with E-state index in [-0.39, 0.29) is 12.4 Å². The molecule has 0 aliphatic heterocycles. The largest absolute Gasteiger partial charge is 0.340 e. The van der Waals surface area contributed by atoms with Gasteiger partial charge in [0.2, 0.25) is 5.89 Å². The second kappa shape index (κ2) is 5.90. The number of hydrogen-bond donors (Lipinski definition) is 2. The fraction of sp³-hybridized carbons (Fsp3) is 0.357. The highest BCUT2D eigenvalue weighted by molar-refractivity contribution is 5.74. The summed E-state index contributed by atoms with van der Waals surface area (Å²) in [5, 5.41) is 9.10. The van der Waals surface area contributed by atoms with Crippen LogP contribution in [0.2, 0.25) is 0 Å². The Morgan fingerprint density at radius 2 is 2.10 bits per heavy atom. The second-order valence-electron chi connectivity index (χ2n) is 5.16. The van der Waals surface area contributed by atoms with Gasteiger partial charge in [-0.25, -0.2) is 9.18 Å². The Hall–Kier alpha value is -2.44. The van der Waals surface area contributed by atoms with Crippen LogP contribution in [0.15, 0.2) is 28.8 Å². The van der Waals surface area contributed by atoms with E-state index in [0.29, 0.717) is 17.3 Å². The van der Waals surface area contributed by atoms with Crippen molar-refractivity contribution in [3.63, 3.8) is 0 Å². The highest BCUT2D eigenvalue weighted by Gasteiger charge is 2.28. The number of rotatable bonds is 4. The van der Waals surface area contributed by atoms with E-state index in [4.69, 9.17) is 4.52 Å². The van der Waals surface area contributed by atoms with E-state index in [1.807, 2.05) is 0 Å². The monoisotopic (exact) mass is 292 g/mol. The maximum Gasteiger partial charge on any atom is 0.315 e. The Kier molecular flexibility index (Phi) is 4.21. The first kappa shape index (κ1) is 15.0. The third-order valence-electron chi connectivity index (χ3n) is 2.91. The van der Waals surface area contributed by atoms with Gasteiger partial charge in [-0.2, -0.15) is 4.98 Å². The number of aryl methyl sites for hydroxylation is 1. The minimum absolute atomic E-state index is 0.0971. The summed E-state index contributed by atoms with van der Waals surface area (Å²) >= 11 is 0. The Labute approximate surface area is 121 Å². The molecule has 0 fully saturated rings. The number of hydrogen-bond acceptors (Lipinski definition) is 4. The van der Waals surface area contributed by atoms with E-state index in [1.165, 1.54) is 6.07 Å². The zero-order chi connectivity index (χ0) is 15.5. The van der Waals surface area contributed by atoms with Crippen molar-refractivity contribution < 1.29 is 13.7 Å². The fourth-order valence-electron chi connectivity index (χ4n) is 1.75. The van der Waals surface area contributed by atoms with Crippen molar-refractivity contribution in [3.05, 3.63) is 47.4 Å². The van der Waals surface area contributed by atoms with E-state index in [2.05, 4.69) is 20.8 Å². The fourth-order valence-corrected chi connectivity index (χ4v) is 1.75. The molecule has 7 heteroatoms. The van der Waals surface area contributed by atoms with Gasteiger partial charge in [-0.05, 0) is 19.9 Å². The Bertz CT molecular complexity index is 639. The highest BCUT2D eigenvalue weighted by Crippen LogP contribution is 2.16. The molecule has 2 amide bonds. The number of benzene rings is 1. The molecule has 2 aromatic rings. The van der Waals surface area contributed by atoms with Gasteiger partial charge >= 0.3 is 6.03 Å². The van der Waals surface area contributed by atoms with Crippen LogP contribution < -0.4 is 10.6 Å². The molecular formula is C14H17FN4O2. The van der Waals surface area contributed by atoms with Gasteiger partial charge in [-0.15, -0.1) is 0 Å². The molecule has 1 aromatic carbocycles. The zero-order valence-electron chi connectivity index (χ0n) is 12.1. The van der Waals surface area contributed by atoms with Crippen molar-refractivity contribution in [1.82, 2.24) is 20.8 Å². The Morgan fingerprint density at radius 3 is 2.71 bits per heavy atom. The Balaban J connectivity index is 1.94. The molecule has 0 aliphatic carbocycles. The van der Waals surface area contributed by atoms with E-state index < -0.39 is 11.6 Å². The number of urea groups is 1. The van der Waals surface area contributed by atoms with Gasteiger partial charge in [-0.3, -0.25) is 0 Å². The molecule has 6 nitrogen and oxygen atoms in total. The van der Waals surface area contributed by atoms with Crippen LogP contribution in [0.1, 0.15) is 31.1 Å². The first-order valence-electron chi connectivity index (χ1n) is 6.49. The average Bonchev–Trinajstić information content (AvgIpc) is 2.85. The van der Waals surface area contributed by atoms with Gasteiger partial charge in [0, 0.05) is 19.0 Å². The van der Waals surface area contributed by atoms with Gasteiger partial charge < -0.3 is 15.2 Å². The smallest absolute Gasteiger partial charge is 0.315 e. The molecule has 0 atom stereocenters. The standard InChI is InChI=1S/C14H17FN4O2/c1-9-17-12(19-21-9)14(2,3)18-13(20)16-8-10-6-4-5-7-11(10)15/h4-7H,8H2,1-3H3,(H2,16,18,20). The second-order valence-corrected chi connectivity index (χ2v) is 5.16. The van der Waals surface area contributed by atoms with Crippen LogP contribution in [0.3, 0.4) is 0 Å². The van der Waals surface area contributed by atoms with Crippen LogP contribution >= 0.6 is 0 Å². The van der Waals surface area contributed by atoms with Crippen LogP contribution in [-0.2, 0) is 12.1 Å². The highest BCUT2D eigenvalue weighted by atomic mass is 19.1. The van der Waals surface area contributed by atoms with Crippen molar-refractivity contribution in [1.29, 1.82) is 0 Å². The molecule has 2 N–H and O–H groups in total. The molecular weight excluding hydrogens is 275 g/mol. The van der Waals surface area contributed by atoms with Crippen LogP contribution in [0, 0.1) is 12.7 Å². The topological polar surface area (TPSA) is 80.0 Å². The number of aromatic nitrogens is 2. The summed E-state index contributed by atoms with van der Waals surface area (Å²) < 4.78 is 18.3. The van der Waals surface area contributed by atoms with Crippen molar-refractivity contribution >= 4 is 6.03 Å². The summed E-state index contributed by atoms with van der Waals surface area (Å²) in [6.45, 7) is 5.27. The number of amides is 2. The molecule has 1 heterocycles. The van der Waals surface area contributed by atoms with Crippen LogP contribution in [-0.4, -0.2) is 16.2 Å². The molecule has 1 aromatic heterocycles. The van der Waals surface area contributed by atoms with Crippen molar-refractivity contribution in [2.45, 2.75) is 32.9 Å².